The predicted octanol–water partition coefficient (Wildman–Crippen LogP) is 1.21. The van der Waals surface area contributed by atoms with Gasteiger partial charge in [-0.3, -0.25) is 4.79 Å². The maximum atomic E-state index is 10.9. The van der Waals surface area contributed by atoms with Crippen LogP contribution in [-0.4, -0.2) is 40.7 Å². The summed E-state index contributed by atoms with van der Waals surface area (Å²) in [6.45, 7) is 4.28. The Hall–Kier alpha value is -1.85. The van der Waals surface area contributed by atoms with Crippen LogP contribution in [-0.2, 0) is 4.79 Å². The topological polar surface area (TPSA) is 78.4 Å². The molecule has 0 bridgehead atoms. The van der Waals surface area contributed by atoms with Crippen LogP contribution in [0.25, 0.3) is 0 Å². The molecule has 2 rings (SSSR count). The fourth-order valence-electron chi connectivity index (χ4n) is 2.11. The van der Waals surface area contributed by atoms with Crippen LogP contribution in [0, 0.1) is 5.92 Å². The van der Waals surface area contributed by atoms with Gasteiger partial charge in [-0.15, -0.1) is 0 Å². The molecule has 1 aliphatic heterocycles. The number of aromatic nitrogens is 2. The molecule has 2 N–H and O–H groups in total. The van der Waals surface area contributed by atoms with Gasteiger partial charge in [-0.2, -0.15) is 0 Å². The predicted molar refractivity (Wildman–Crippen MR) is 68.8 cm³/mol. The number of rotatable bonds is 4. The Kier molecular flexibility index (Phi) is 3.96. The molecule has 0 radical (unpaired) electrons. The van der Waals surface area contributed by atoms with E-state index in [0.717, 1.165) is 31.3 Å². The summed E-state index contributed by atoms with van der Waals surface area (Å²) in [5, 5.41) is 12.0. The molecule has 0 atom stereocenters. The van der Waals surface area contributed by atoms with Crippen molar-refractivity contribution in [2.45, 2.75) is 19.8 Å². The Bertz CT molecular complexity index is 399. The number of piperidine rings is 1. The number of carbonyl (C=O) groups is 1. The molecule has 0 aromatic carbocycles. The van der Waals surface area contributed by atoms with Gasteiger partial charge < -0.3 is 15.3 Å². The van der Waals surface area contributed by atoms with Gasteiger partial charge >= 0.3 is 5.97 Å². The summed E-state index contributed by atoms with van der Waals surface area (Å²) in [5.41, 5.74) is 0. The molecule has 0 spiro atoms. The van der Waals surface area contributed by atoms with Gasteiger partial charge in [0.1, 0.15) is 11.6 Å². The number of anilines is 2. The van der Waals surface area contributed by atoms with Gasteiger partial charge in [-0.1, -0.05) is 0 Å². The summed E-state index contributed by atoms with van der Waals surface area (Å²) in [4.78, 5) is 21.6. The molecular formula is C12H18N4O2. The Labute approximate surface area is 106 Å². The fourth-order valence-corrected chi connectivity index (χ4v) is 2.11. The van der Waals surface area contributed by atoms with Gasteiger partial charge in [0.2, 0.25) is 0 Å². The maximum Gasteiger partial charge on any atom is 0.306 e. The molecule has 1 aromatic rings. The number of nitrogens with zero attached hydrogens (tertiary/aromatic N) is 3. The molecule has 0 amide bonds. The zero-order chi connectivity index (χ0) is 13.0. The van der Waals surface area contributed by atoms with Crippen LogP contribution in [0.4, 0.5) is 11.6 Å². The largest absolute Gasteiger partial charge is 0.481 e. The first-order chi connectivity index (χ1) is 8.70. The standard InChI is InChI=1S/C12H18N4O2/c1-2-13-10-7-15-11(8-14-10)16-5-3-9(4-6-16)12(17)18/h7-9H,2-6H2,1H3,(H,13,14)(H,17,18). The van der Waals surface area contributed by atoms with Gasteiger partial charge in [0, 0.05) is 19.6 Å². The van der Waals surface area contributed by atoms with Crippen LogP contribution in [0.5, 0.6) is 0 Å². The lowest BCUT2D eigenvalue weighted by Crippen LogP contribution is -2.36. The highest BCUT2D eigenvalue weighted by molar-refractivity contribution is 5.70. The highest BCUT2D eigenvalue weighted by Crippen LogP contribution is 2.21. The van der Waals surface area contributed by atoms with E-state index in [2.05, 4.69) is 20.2 Å². The number of carboxylic acids is 1. The van der Waals surface area contributed by atoms with Gasteiger partial charge in [-0.05, 0) is 19.8 Å². The highest BCUT2D eigenvalue weighted by Gasteiger charge is 2.25. The first-order valence-corrected chi connectivity index (χ1v) is 6.24. The van der Waals surface area contributed by atoms with E-state index in [0.29, 0.717) is 12.8 Å². The molecule has 6 nitrogen and oxygen atoms in total. The number of carboxylic acid groups (broad SMARTS) is 1. The zero-order valence-electron chi connectivity index (χ0n) is 10.5. The SMILES string of the molecule is CCNc1cnc(N2CCC(C(=O)O)CC2)cn1. The number of nitrogens with one attached hydrogen (secondary N) is 1. The van der Waals surface area contributed by atoms with Crippen molar-refractivity contribution in [1.82, 2.24) is 9.97 Å². The van der Waals surface area contributed by atoms with Gasteiger partial charge in [0.15, 0.2) is 0 Å². The van der Waals surface area contributed by atoms with Gasteiger partial charge in [-0.25, -0.2) is 9.97 Å². The summed E-state index contributed by atoms with van der Waals surface area (Å²) < 4.78 is 0. The average Bonchev–Trinajstić information content (AvgIpc) is 2.40. The van der Waals surface area contributed by atoms with E-state index in [4.69, 9.17) is 5.11 Å². The lowest BCUT2D eigenvalue weighted by Gasteiger charge is -2.30. The van der Waals surface area contributed by atoms with E-state index in [1.54, 1.807) is 12.4 Å². The molecule has 6 heteroatoms. The summed E-state index contributed by atoms with van der Waals surface area (Å²) in [5.74, 6) is 0.681. The summed E-state index contributed by atoms with van der Waals surface area (Å²) in [7, 11) is 0. The lowest BCUT2D eigenvalue weighted by molar-refractivity contribution is -0.142. The Morgan fingerprint density at radius 2 is 2.17 bits per heavy atom. The number of aliphatic carboxylic acids is 1. The van der Waals surface area contributed by atoms with E-state index in [9.17, 15) is 4.79 Å². The monoisotopic (exact) mass is 250 g/mol. The van der Waals surface area contributed by atoms with Crippen LogP contribution < -0.4 is 10.2 Å². The minimum absolute atomic E-state index is 0.213. The Balaban J connectivity index is 1.95. The molecule has 1 saturated heterocycles. The van der Waals surface area contributed by atoms with Crippen molar-refractivity contribution in [3.63, 3.8) is 0 Å². The van der Waals surface area contributed by atoms with E-state index >= 15 is 0 Å². The van der Waals surface area contributed by atoms with Crippen LogP contribution in [0.15, 0.2) is 12.4 Å². The molecule has 1 aromatic heterocycles. The van der Waals surface area contributed by atoms with Crippen molar-refractivity contribution >= 4 is 17.6 Å². The third-order valence-electron chi connectivity index (χ3n) is 3.16. The molecule has 0 unspecified atom stereocenters. The second kappa shape index (κ2) is 5.66. The molecule has 0 aliphatic carbocycles. The Morgan fingerprint density at radius 3 is 2.67 bits per heavy atom. The molecule has 18 heavy (non-hydrogen) atoms. The van der Waals surface area contributed by atoms with Crippen molar-refractivity contribution < 1.29 is 9.90 Å². The van der Waals surface area contributed by atoms with Crippen molar-refractivity contribution in [2.75, 3.05) is 29.9 Å². The second-order valence-corrected chi connectivity index (χ2v) is 4.39. The van der Waals surface area contributed by atoms with Crippen molar-refractivity contribution in [3.8, 4) is 0 Å². The second-order valence-electron chi connectivity index (χ2n) is 4.39. The average molecular weight is 250 g/mol. The smallest absolute Gasteiger partial charge is 0.306 e. The van der Waals surface area contributed by atoms with Crippen LogP contribution in [0.2, 0.25) is 0 Å². The van der Waals surface area contributed by atoms with E-state index in [1.165, 1.54) is 0 Å². The number of hydrogen-bond donors (Lipinski definition) is 2. The van der Waals surface area contributed by atoms with E-state index < -0.39 is 5.97 Å². The van der Waals surface area contributed by atoms with Crippen molar-refractivity contribution in [3.05, 3.63) is 12.4 Å². The molecule has 1 fully saturated rings. The third-order valence-corrected chi connectivity index (χ3v) is 3.16. The summed E-state index contributed by atoms with van der Waals surface area (Å²) in [6.07, 6.45) is 4.79. The Morgan fingerprint density at radius 1 is 1.44 bits per heavy atom. The minimum Gasteiger partial charge on any atom is -0.481 e. The minimum atomic E-state index is -0.691. The first kappa shape index (κ1) is 12.6. The molecule has 1 aliphatic rings. The normalized spacial score (nSPS) is 16.6. The highest BCUT2D eigenvalue weighted by atomic mass is 16.4. The van der Waals surface area contributed by atoms with Crippen molar-refractivity contribution in [1.29, 1.82) is 0 Å². The van der Waals surface area contributed by atoms with Crippen LogP contribution in [0.1, 0.15) is 19.8 Å². The molecule has 0 saturated carbocycles. The zero-order valence-corrected chi connectivity index (χ0v) is 10.5. The lowest BCUT2D eigenvalue weighted by atomic mass is 9.97. The quantitative estimate of drug-likeness (QED) is 0.836. The van der Waals surface area contributed by atoms with Gasteiger partial charge in [0.25, 0.3) is 0 Å². The molecular weight excluding hydrogens is 232 g/mol. The maximum absolute atomic E-state index is 10.9. The van der Waals surface area contributed by atoms with Crippen molar-refractivity contribution in [2.24, 2.45) is 5.92 Å². The van der Waals surface area contributed by atoms with E-state index in [-0.39, 0.29) is 5.92 Å². The van der Waals surface area contributed by atoms with E-state index in [1.807, 2.05) is 6.92 Å². The summed E-state index contributed by atoms with van der Waals surface area (Å²) >= 11 is 0. The summed E-state index contributed by atoms with van der Waals surface area (Å²) in [6, 6.07) is 0. The van der Waals surface area contributed by atoms with Crippen LogP contribution >= 0.6 is 0 Å². The molecule has 98 valence electrons. The van der Waals surface area contributed by atoms with Gasteiger partial charge in [0.05, 0.1) is 18.3 Å². The molecule has 2 heterocycles. The fraction of sp³-hybridized carbons (Fsp3) is 0.583. The first-order valence-electron chi connectivity index (χ1n) is 6.24. The van der Waals surface area contributed by atoms with Crippen LogP contribution in [0.3, 0.4) is 0 Å². The number of hydrogen-bond acceptors (Lipinski definition) is 5. The third kappa shape index (κ3) is 2.88.